The minimum absolute atomic E-state index is 0.594. The van der Waals surface area contributed by atoms with Gasteiger partial charge in [0.2, 0.25) is 0 Å². The molecule has 2 heterocycles. The molecule has 0 aliphatic carbocycles. The number of aromatic nitrogens is 3. The molecule has 1 aliphatic heterocycles. The Morgan fingerprint density at radius 2 is 1.96 bits per heavy atom. The summed E-state index contributed by atoms with van der Waals surface area (Å²) in [5.41, 5.74) is 4.92. The van der Waals surface area contributed by atoms with E-state index in [0.717, 1.165) is 30.8 Å². The van der Waals surface area contributed by atoms with Gasteiger partial charge in [-0.2, -0.15) is 0 Å². The molecule has 0 saturated heterocycles. The summed E-state index contributed by atoms with van der Waals surface area (Å²) >= 11 is 0. The third-order valence-corrected chi connectivity index (χ3v) is 4.30. The summed E-state index contributed by atoms with van der Waals surface area (Å²) in [6.07, 6.45) is 4.90. The largest absolute Gasteiger partial charge is 0.489 e. The molecule has 0 unspecified atom stereocenters. The zero-order valence-corrected chi connectivity index (χ0v) is 13.2. The highest BCUT2D eigenvalue weighted by Crippen LogP contribution is 2.27. The molecule has 1 aliphatic rings. The number of hydrogen-bond donors (Lipinski definition) is 0. The predicted octanol–water partition coefficient (Wildman–Crippen LogP) is 3.64. The van der Waals surface area contributed by atoms with Crippen molar-refractivity contribution in [3.05, 3.63) is 71.3 Å². The summed E-state index contributed by atoms with van der Waals surface area (Å²) in [6.45, 7) is 2.69. The van der Waals surface area contributed by atoms with Crippen molar-refractivity contribution in [1.82, 2.24) is 14.8 Å². The average Bonchev–Trinajstić information content (AvgIpc) is 2.96. The Labute approximate surface area is 135 Å². The van der Waals surface area contributed by atoms with E-state index >= 15 is 0 Å². The van der Waals surface area contributed by atoms with Crippen LogP contribution >= 0.6 is 0 Å². The predicted molar refractivity (Wildman–Crippen MR) is 88.9 cm³/mol. The molecule has 23 heavy (non-hydrogen) atoms. The fourth-order valence-electron chi connectivity index (χ4n) is 3.01. The highest BCUT2D eigenvalue weighted by molar-refractivity contribution is 5.47. The van der Waals surface area contributed by atoms with Gasteiger partial charge in [-0.1, -0.05) is 29.8 Å². The van der Waals surface area contributed by atoms with E-state index in [1.165, 1.54) is 22.4 Å². The lowest BCUT2D eigenvalue weighted by Gasteiger charge is -2.12. The lowest BCUT2D eigenvalue weighted by atomic mass is 10.1. The topological polar surface area (TPSA) is 39.9 Å². The van der Waals surface area contributed by atoms with Crippen LogP contribution in [0.4, 0.5) is 0 Å². The fraction of sp³-hybridized carbons (Fsp3) is 0.263. The molecule has 0 radical (unpaired) electrons. The quantitative estimate of drug-likeness (QED) is 0.741. The van der Waals surface area contributed by atoms with Gasteiger partial charge in [0.1, 0.15) is 24.5 Å². The van der Waals surface area contributed by atoms with Crippen LogP contribution in [0.15, 0.2) is 48.8 Å². The SMILES string of the molecule is Cc1ccc(COc2ccc3c(c2)CCCc2nncn2-3)cc1. The van der Waals surface area contributed by atoms with Crippen molar-refractivity contribution in [2.24, 2.45) is 0 Å². The van der Waals surface area contributed by atoms with Crippen LogP contribution in [0.5, 0.6) is 5.75 Å². The van der Waals surface area contributed by atoms with Crippen LogP contribution in [0.2, 0.25) is 0 Å². The van der Waals surface area contributed by atoms with E-state index in [4.69, 9.17) is 4.74 Å². The molecule has 0 N–H and O–H groups in total. The van der Waals surface area contributed by atoms with E-state index in [2.05, 4.69) is 58.1 Å². The highest BCUT2D eigenvalue weighted by Gasteiger charge is 2.15. The number of nitrogens with zero attached hydrogens (tertiary/aromatic N) is 3. The van der Waals surface area contributed by atoms with Crippen molar-refractivity contribution in [3.8, 4) is 11.4 Å². The van der Waals surface area contributed by atoms with Crippen LogP contribution in [-0.4, -0.2) is 14.8 Å². The molecule has 0 amide bonds. The lowest BCUT2D eigenvalue weighted by molar-refractivity contribution is 0.306. The normalized spacial score (nSPS) is 13.1. The van der Waals surface area contributed by atoms with Crippen molar-refractivity contribution < 1.29 is 4.74 Å². The smallest absolute Gasteiger partial charge is 0.137 e. The first-order valence-corrected chi connectivity index (χ1v) is 8.00. The van der Waals surface area contributed by atoms with Gasteiger partial charge in [-0.25, -0.2) is 0 Å². The maximum atomic E-state index is 5.97. The number of ether oxygens (including phenoxy) is 1. The number of hydrogen-bond acceptors (Lipinski definition) is 3. The van der Waals surface area contributed by atoms with Gasteiger partial charge < -0.3 is 4.74 Å². The van der Waals surface area contributed by atoms with E-state index in [-0.39, 0.29) is 0 Å². The van der Waals surface area contributed by atoms with Gasteiger partial charge in [-0.15, -0.1) is 10.2 Å². The minimum Gasteiger partial charge on any atom is -0.489 e. The molecule has 2 aromatic carbocycles. The minimum atomic E-state index is 0.594. The molecule has 0 spiro atoms. The second-order valence-electron chi connectivity index (χ2n) is 6.04. The van der Waals surface area contributed by atoms with Gasteiger partial charge >= 0.3 is 0 Å². The Kier molecular flexibility index (Phi) is 3.58. The summed E-state index contributed by atoms with van der Waals surface area (Å²) in [6, 6.07) is 14.7. The molecular weight excluding hydrogens is 286 g/mol. The molecule has 0 saturated carbocycles. The van der Waals surface area contributed by atoms with Gasteiger partial charge in [0.25, 0.3) is 0 Å². The molecule has 4 rings (SSSR count). The zero-order chi connectivity index (χ0) is 15.6. The van der Waals surface area contributed by atoms with Gasteiger partial charge in [-0.05, 0) is 49.1 Å². The first-order valence-electron chi connectivity index (χ1n) is 8.00. The molecular formula is C19H19N3O. The van der Waals surface area contributed by atoms with Crippen LogP contribution in [0.1, 0.15) is 28.9 Å². The van der Waals surface area contributed by atoms with E-state index in [1.807, 2.05) is 6.07 Å². The van der Waals surface area contributed by atoms with Crippen molar-refractivity contribution >= 4 is 0 Å². The van der Waals surface area contributed by atoms with Gasteiger partial charge in [0, 0.05) is 6.42 Å². The van der Waals surface area contributed by atoms with Gasteiger partial charge in [-0.3, -0.25) is 4.57 Å². The Morgan fingerprint density at radius 3 is 2.83 bits per heavy atom. The van der Waals surface area contributed by atoms with Crippen LogP contribution < -0.4 is 4.74 Å². The van der Waals surface area contributed by atoms with Crippen LogP contribution in [0, 0.1) is 6.92 Å². The molecule has 4 nitrogen and oxygen atoms in total. The second-order valence-corrected chi connectivity index (χ2v) is 6.04. The Hall–Kier alpha value is -2.62. The van der Waals surface area contributed by atoms with E-state index in [1.54, 1.807) is 6.33 Å². The number of fused-ring (bicyclic) bond motifs is 3. The van der Waals surface area contributed by atoms with Crippen LogP contribution in [0.3, 0.4) is 0 Å². The third kappa shape index (κ3) is 2.84. The lowest BCUT2D eigenvalue weighted by Crippen LogP contribution is -2.01. The highest BCUT2D eigenvalue weighted by atomic mass is 16.5. The second kappa shape index (κ2) is 5.88. The van der Waals surface area contributed by atoms with E-state index in [0.29, 0.717) is 6.61 Å². The van der Waals surface area contributed by atoms with Crippen molar-refractivity contribution in [3.63, 3.8) is 0 Å². The number of rotatable bonds is 3. The Morgan fingerprint density at radius 1 is 1.09 bits per heavy atom. The molecule has 3 aromatic rings. The summed E-state index contributed by atoms with van der Waals surface area (Å²) in [4.78, 5) is 0. The summed E-state index contributed by atoms with van der Waals surface area (Å²) in [5.74, 6) is 1.96. The molecule has 0 bridgehead atoms. The molecule has 0 fully saturated rings. The van der Waals surface area contributed by atoms with Crippen LogP contribution in [0.25, 0.3) is 5.69 Å². The molecule has 1 aromatic heterocycles. The van der Waals surface area contributed by atoms with Gasteiger partial charge in [0.15, 0.2) is 0 Å². The number of benzene rings is 2. The summed E-state index contributed by atoms with van der Waals surface area (Å²) in [5, 5.41) is 8.23. The molecule has 116 valence electrons. The number of aryl methyl sites for hydroxylation is 3. The summed E-state index contributed by atoms with van der Waals surface area (Å²) < 4.78 is 8.06. The first-order chi connectivity index (χ1) is 11.3. The third-order valence-electron chi connectivity index (χ3n) is 4.30. The summed E-state index contributed by atoms with van der Waals surface area (Å²) in [7, 11) is 0. The van der Waals surface area contributed by atoms with Gasteiger partial charge in [0.05, 0.1) is 5.69 Å². The first kappa shape index (κ1) is 14.0. The maximum absolute atomic E-state index is 5.97. The Bertz CT molecular complexity index is 821. The molecule has 0 atom stereocenters. The monoisotopic (exact) mass is 305 g/mol. The van der Waals surface area contributed by atoms with Crippen LogP contribution in [-0.2, 0) is 19.4 Å². The maximum Gasteiger partial charge on any atom is 0.137 e. The van der Waals surface area contributed by atoms with Crippen molar-refractivity contribution in [1.29, 1.82) is 0 Å². The fourth-order valence-corrected chi connectivity index (χ4v) is 3.01. The van der Waals surface area contributed by atoms with E-state index in [9.17, 15) is 0 Å². The standard InChI is InChI=1S/C19H19N3O/c1-14-5-7-15(8-6-14)12-23-17-9-10-18-16(11-17)3-2-4-19-21-20-13-22(18)19/h5-11,13H,2-4,12H2,1H3. The van der Waals surface area contributed by atoms with E-state index < -0.39 is 0 Å². The zero-order valence-electron chi connectivity index (χ0n) is 13.2. The van der Waals surface area contributed by atoms with Crippen molar-refractivity contribution in [2.45, 2.75) is 32.8 Å². The average molecular weight is 305 g/mol. The molecule has 4 heteroatoms. The van der Waals surface area contributed by atoms with Crippen molar-refractivity contribution in [2.75, 3.05) is 0 Å². The Balaban J connectivity index is 1.56.